The first-order valence-electron chi connectivity index (χ1n) is 8.91. The quantitative estimate of drug-likeness (QED) is 0.549. The number of pyridine rings is 1. The molecule has 1 aliphatic rings. The second-order valence-corrected chi connectivity index (χ2v) is 6.86. The van der Waals surface area contributed by atoms with E-state index in [1.54, 1.807) is 4.57 Å². The number of hydrogen-bond acceptors (Lipinski definition) is 6. The van der Waals surface area contributed by atoms with E-state index in [2.05, 4.69) is 35.5 Å². The largest absolute Gasteiger partial charge is 0.321 e. The molecule has 2 N–H and O–H groups in total. The van der Waals surface area contributed by atoms with Crippen molar-refractivity contribution >= 4 is 22.8 Å². The predicted molar refractivity (Wildman–Crippen MR) is 97.1 cm³/mol. The van der Waals surface area contributed by atoms with Crippen molar-refractivity contribution in [2.45, 2.75) is 31.7 Å². The molecule has 28 heavy (non-hydrogen) atoms. The number of anilines is 2. The molecule has 142 valence electrons. The van der Waals surface area contributed by atoms with Gasteiger partial charge in [-0.05, 0) is 19.8 Å². The van der Waals surface area contributed by atoms with Gasteiger partial charge in [-0.25, -0.2) is 28.7 Å². The van der Waals surface area contributed by atoms with Crippen molar-refractivity contribution in [2.24, 2.45) is 0 Å². The summed E-state index contributed by atoms with van der Waals surface area (Å²) in [5, 5.41) is 10.1. The van der Waals surface area contributed by atoms with Crippen molar-refractivity contribution in [2.75, 3.05) is 5.32 Å². The van der Waals surface area contributed by atoms with Crippen LogP contribution in [0.3, 0.4) is 0 Å². The van der Waals surface area contributed by atoms with Gasteiger partial charge in [-0.15, -0.1) is 0 Å². The Balaban J connectivity index is 1.49. The first kappa shape index (κ1) is 16.7. The summed E-state index contributed by atoms with van der Waals surface area (Å²) < 4.78 is 29.3. The van der Waals surface area contributed by atoms with Gasteiger partial charge in [0.1, 0.15) is 5.52 Å². The zero-order valence-corrected chi connectivity index (χ0v) is 14.9. The molecule has 0 aromatic carbocycles. The molecule has 0 unspecified atom stereocenters. The Morgan fingerprint density at radius 2 is 1.96 bits per heavy atom. The minimum absolute atomic E-state index is 0.0512. The highest BCUT2D eigenvalue weighted by Crippen LogP contribution is 2.39. The third-order valence-corrected chi connectivity index (χ3v) is 4.79. The van der Waals surface area contributed by atoms with Gasteiger partial charge < -0.3 is 9.88 Å². The van der Waals surface area contributed by atoms with Gasteiger partial charge in [0.25, 0.3) is 0 Å². The second-order valence-electron chi connectivity index (χ2n) is 6.86. The van der Waals surface area contributed by atoms with E-state index in [4.69, 9.17) is 0 Å². The minimum Gasteiger partial charge on any atom is -0.321 e. The van der Waals surface area contributed by atoms with Crippen LogP contribution in [-0.2, 0) is 0 Å². The van der Waals surface area contributed by atoms with Gasteiger partial charge in [0.2, 0.25) is 0 Å². The van der Waals surface area contributed by atoms with Crippen molar-refractivity contribution in [3.63, 3.8) is 0 Å². The highest BCUT2D eigenvalue weighted by atomic mass is 19.1. The number of aromatic amines is 1. The van der Waals surface area contributed by atoms with E-state index in [0.29, 0.717) is 28.7 Å². The number of hydrogen-bond donors (Lipinski definition) is 2. The molecule has 1 fully saturated rings. The maximum atomic E-state index is 14.5. The summed E-state index contributed by atoms with van der Waals surface area (Å²) in [6.45, 7) is 1.84. The van der Waals surface area contributed by atoms with Gasteiger partial charge in [-0.3, -0.25) is 5.10 Å². The molecular formula is C18H16F2N8. The lowest BCUT2D eigenvalue weighted by Crippen LogP contribution is -2.11. The first-order chi connectivity index (χ1) is 13.6. The molecule has 4 heterocycles. The minimum atomic E-state index is -0.528. The molecule has 1 aliphatic carbocycles. The van der Waals surface area contributed by atoms with Crippen molar-refractivity contribution in [1.82, 2.24) is 34.7 Å². The third-order valence-electron chi connectivity index (χ3n) is 4.79. The molecule has 0 amide bonds. The van der Waals surface area contributed by atoms with E-state index in [0.717, 1.165) is 30.9 Å². The number of aromatic nitrogens is 7. The smallest absolute Gasteiger partial charge is 0.170 e. The summed E-state index contributed by atoms with van der Waals surface area (Å²) in [5.41, 5.74) is 1.90. The summed E-state index contributed by atoms with van der Waals surface area (Å²) >= 11 is 0. The van der Waals surface area contributed by atoms with E-state index in [1.807, 2.05) is 13.0 Å². The summed E-state index contributed by atoms with van der Waals surface area (Å²) in [6.07, 6.45) is 6.03. The molecule has 0 radical (unpaired) electrons. The lowest BCUT2D eigenvalue weighted by molar-refractivity contribution is 0.576. The van der Waals surface area contributed by atoms with Crippen LogP contribution < -0.4 is 5.32 Å². The van der Waals surface area contributed by atoms with Crippen LogP contribution in [-0.4, -0.2) is 34.7 Å². The van der Waals surface area contributed by atoms with Gasteiger partial charge in [0, 0.05) is 23.7 Å². The molecule has 5 rings (SSSR count). The van der Waals surface area contributed by atoms with Gasteiger partial charge in [-0.1, -0.05) is 0 Å². The highest BCUT2D eigenvalue weighted by molar-refractivity contribution is 5.74. The number of fused-ring (bicyclic) bond motifs is 1. The fraction of sp³-hybridized carbons (Fsp3) is 0.278. The van der Waals surface area contributed by atoms with E-state index in [9.17, 15) is 8.78 Å². The molecule has 0 saturated heterocycles. The zero-order chi connectivity index (χ0) is 19.3. The Hall–Kier alpha value is -3.43. The van der Waals surface area contributed by atoms with Gasteiger partial charge in [0.05, 0.1) is 24.8 Å². The van der Waals surface area contributed by atoms with Crippen LogP contribution in [0.2, 0.25) is 0 Å². The predicted octanol–water partition coefficient (Wildman–Crippen LogP) is 3.45. The molecule has 10 heteroatoms. The molecule has 8 nitrogen and oxygen atoms in total. The second kappa shape index (κ2) is 6.32. The van der Waals surface area contributed by atoms with E-state index < -0.39 is 11.6 Å². The molecule has 1 saturated carbocycles. The number of rotatable bonds is 5. The SMILES string of the molecule is C[C@@H](c1ncc(F)cn1)n1cnc2cc(F)c(Nc3cc(C4CC4)[nH]n3)nc21. The molecule has 0 bridgehead atoms. The summed E-state index contributed by atoms with van der Waals surface area (Å²) in [7, 11) is 0. The number of imidazole rings is 1. The lowest BCUT2D eigenvalue weighted by atomic mass is 10.3. The average Bonchev–Trinajstić information content (AvgIpc) is 3.30. The molecule has 1 atom stereocenters. The zero-order valence-electron chi connectivity index (χ0n) is 14.9. The van der Waals surface area contributed by atoms with Crippen LogP contribution in [0.5, 0.6) is 0 Å². The number of nitrogens with zero attached hydrogens (tertiary/aromatic N) is 6. The van der Waals surface area contributed by atoms with Gasteiger partial charge >= 0.3 is 0 Å². The van der Waals surface area contributed by atoms with Crippen molar-refractivity contribution < 1.29 is 8.78 Å². The van der Waals surface area contributed by atoms with Crippen molar-refractivity contribution in [3.05, 3.63) is 54.0 Å². The standard InChI is InChI=1S/C18H16F2N8/c1-9(16-21-6-11(19)7-22-16)28-8-23-14-4-12(20)17(25-18(14)28)24-15-5-13(26-27-15)10-2-3-10/h4-10H,2-3H2,1H3,(H2,24,25,26,27)/t9-/m0/s1. The van der Waals surface area contributed by atoms with Gasteiger partial charge in [-0.2, -0.15) is 5.10 Å². The number of halogens is 2. The van der Waals surface area contributed by atoms with E-state index >= 15 is 0 Å². The number of nitrogens with one attached hydrogen (secondary N) is 2. The van der Waals surface area contributed by atoms with Crippen LogP contribution in [0.25, 0.3) is 11.2 Å². The molecule has 0 spiro atoms. The Morgan fingerprint density at radius 1 is 1.18 bits per heavy atom. The van der Waals surface area contributed by atoms with Crippen LogP contribution >= 0.6 is 0 Å². The van der Waals surface area contributed by atoms with Crippen molar-refractivity contribution in [1.29, 1.82) is 0 Å². The normalized spacial score (nSPS) is 15.1. The van der Waals surface area contributed by atoms with Crippen LogP contribution in [0.4, 0.5) is 20.4 Å². The van der Waals surface area contributed by atoms with E-state index in [-0.39, 0.29) is 11.9 Å². The maximum Gasteiger partial charge on any atom is 0.170 e. The molecule has 4 aromatic heterocycles. The third kappa shape index (κ3) is 2.96. The Bertz CT molecular complexity index is 1150. The summed E-state index contributed by atoms with van der Waals surface area (Å²) in [5.74, 6) is 0.440. The highest BCUT2D eigenvalue weighted by Gasteiger charge is 2.26. The van der Waals surface area contributed by atoms with Crippen LogP contribution in [0.15, 0.2) is 30.9 Å². The number of H-pyrrole nitrogens is 1. The monoisotopic (exact) mass is 382 g/mol. The summed E-state index contributed by atoms with van der Waals surface area (Å²) in [6, 6.07) is 2.83. The molecule has 4 aromatic rings. The fourth-order valence-corrected chi connectivity index (χ4v) is 3.09. The Morgan fingerprint density at radius 3 is 2.71 bits per heavy atom. The van der Waals surface area contributed by atoms with Gasteiger partial charge in [0.15, 0.2) is 34.7 Å². The van der Waals surface area contributed by atoms with E-state index in [1.165, 1.54) is 12.4 Å². The first-order valence-corrected chi connectivity index (χ1v) is 8.91. The van der Waals surface area contributed by atoms with Crippen molar-refractivity contribution in [3.8, 4) is 0 Å². The maximum absolute atomic E-state index is 14.5. The molecule has 0 aliphatic heterocycles. The van der Waals surface area contributed by atoms with Crippen LogP contribution in [0.1, 0.15) is 43.2 Å². The average molecular weight is 382 g/mol. The topological polar surface area (TPSA) is 97.2 Å². The van der Waals surface area contributed by atoms with Crippen LogP contribution in [0, 0.1) is 11.6 Å². The summed E-state index contributed by atoms with van der Waals surface area (Å²) in [4.78, 5) is 16.6. The Kier molecular flexibility index (Phi) is 3.78. The lowest BCUT2D eigenvalue weighted by Gasteiger charge is -2.13. The molecular weight excluding hydrogens is 366 g/mol. The fourth-order valence-electron chi connectivity index (χ4n) is 3.09. The Labute approximate surface area is 158 Å².